The third-order valence-corrected chi connectivity index (χ3v) is 3.41. The molecular formula is C13H19NO2. The van der Waals surface area contributed by atoms with Crippen LogP contribution in [0.25, 0.3) is 0 Å². The molecule has 0 bridgehead atoms. The summed E-state index contributed by atoms with van der Waals surface area (Å²) in [4.78, 5) is 0. The molecule has 1 aliphatic heterocycles. The van der Waals surface area contributed by atoms with Crippen LogP contribution in [0.4, 0.5) is 0 Å². The van der Waals surface area contributed by atoms with Gasteiger partial charge in [0.25, 0.3) is 0 Å². The molecule has 1 saturated heterocycles. The Labute approximate surface area is 96.2 Å². The molecule has 1 atom stereocenters. The van der Waals surface area contributed by atoms with Crippen LogP contribution in [-0.2, 0) is 4.74 Å². The normalized spacial score (nSPS) is 19.6. The maximum atomic E-state index is 9.27. The molecule has 0 spiro atoms. The molecule has 16 heavy (non-hydrogen) atoms. The lowest BCUT2D eigenvalue weighted by molar-refractivity contribution is 0.0586. The molecule has 3 heteroatoms. The van der Waals surface area contributed by atoms with Crippen LogP contribution >= 0.6 is 0 Å². The van der Waals surface area contributed by atoms with Gasteiger partial charge in [0.15, 0.2) is 0 Å². The lowest BCUT2D eigenvalue weighted by Crippen LogP contribution is -2.27. The molecule has 1 aliphatic rings. The Bertz CT molecular complexity index is 317. The van der Waals surface area contributed by atoms with Crippen molar-refractivity contribution in [1.82, 2.24) is 0 Å². The average Bonchev–Trinajstić information content (AvgIpc) is 2.34. The Morgan fingerprint density at radius 2 is 1.88 bits per heavy atom. The third kappa shape index (κ3) is 2.54. The van der Waals surface area contributed by atoms with E-state index in [4.69, 9.17) is 10.5 Å². The first-order valence-electron chi connectivity index (χ1n) is 5.88. The first-order valence-corrected chi connectivity index (χ1v) is 5.88. The number of phenolic OH excluding ortho intramolecular Hbond substituents is 1. The van der Waals surface area contributed by atoms with Crippen molar-refractivity contribution in [3.05, 3.63) is 29.8 Å². The van der Waals surface area contributed by atoms with Gasteiger partial charge in [-0.15, -0.1) is 0 Å². The SMILES string of the molecule is NCC(c1ccc(O)cc1)C1CCOCC1. The smallest absolute Gasteiger partial charge is 0.115 e. The van der Waals surface area contributed by atoms with E-state index in [-0.39, 0.29) is 0 Å². The van der Waals surface area contributed by atoms with Gasteiger partial charge in [0.2, 0.25) is 0 Å². The highest BCUT2D eigenvalue weighted by atomic mass is 16.5. The lowest BCUT2D eigenvalue weighted by Gasteiger charge is -2.29. The van der Waals surface area contributed by atoms with E-state index in [9.17, 15) is 5.11 Å². The molecular weight excluding hydrogens is 202 g/mol. The van der Waals surface area contributed by atoms with Crippen LogP contribution in [0.2, 0.25) is 0 Å². The predicted octanol–water partition coefficient (Wildman–Crippen LogP) is 1.86. The quantitative estimate of drug-likeness (QED) is 0.819. The first kappa shape index (κ1) is 11.4. The summed E-state index contributed by atoms with van der Waals surface area (Å²) >= 11 is 0. The second kappa shape index (κ2) is 5.32. The lowest BCUT2D eigenvalue weighted by atomic mass is 9.81. The van der Waals surface area contributed by atoms with Crippen molar-refractivity contribution in [3.8, 4) is 5.75 Å². The van der Waals surface area contributed by atoms with Crippen molar-refractivity contribution in [2.24, 2.45) is 11.7 Å². The molecule has 88 valence electrons. The zero-order chi connectivity index (χ0) is 11.4. The Kier molecular flexibility index (Phi) is 3.80. The minimum absolute atomic E-state index is 0.312. The fraction of sp³-hybridized carbons (Fsp3) is 0.538. The van der Waals surface area contributed by atoms with Gasteiger partial charge in [-0.1, -0.05) is 12.1 Å². The minimum atomic E-state index is 0.312. The number of hydrogen-bond acceptors (Lipinski definition) is 3. The van der Waals surface area contributed by atoms with Gasteiger partial charge in [0.05, 0.1) is 0 Å². The highest BCUT2D eigenvalue weighted by Crippen LogP contribution is 2.31. The van der Waals surface area contributed by atoms with Crippen LogP contribution in [0, 0.1) is 5.92 Å². The van der Waals surface area contributed by atoms with Crippen molar-refractivity contribution in [2.75, 3.05) is 19.8 Å². The van der Waals surface area contributed by atoms with Gasteiger partial charge in [-0.25, -0.2) is 0 Å². The molecule has 2 rings (SSSR count). The molecule has 3 N–H and O–H groups in total. The summed E-state index contributed by atoms with van der Waals surface area (Å²) in [5, 5.41) is 9.27. The Morgan fingerprint density at radius 3 is 2.44 bits per heavy atom. The fourth-order valence-electron chi connectivity index (χ4n) is 2.44. The van der Waals surface area contributed by atoms with E-state index in [0.29, 0.717) is 24.1 Å². The van der Waals surface area contributed by atoms with Gasteiger partial charge in [0.1, 0.15) is 5.75 Å². The molecule has 1 heterocycles. The van der Waals surface area contributed by atoms with Gasteiger partial charge < -0.3 is 15.6 Å². The third-order valence-electron chi connectivity index (χ3n) is 3.41. The van der Waals surface area contributed by atoms with Gasteiger partial charge in [-0.3, -0.25) is 0 Å². The van der Waals surface area contributed by atoms with E-state index in [1.165, 1.54) is 5.56 Å². The van der Waals surface area contributed by atoms with Crippen molar-refractivity contribution in [1.29, 1.82) is 0 Å². The van der Waals surface area contributed by atoms with Gasteiger partial charge in [-0.2, -0.15) is 0 Å². The number of aromatic hydroxyl groups is 1. The summed E-state index contributed by atoms with van der Waals surface area (Å²) in [6.45, 7) is 2.36. The largest absolute Gasteiger partial charge is 0.508 e. The average molecular weight is 221 g/mol. The van der Waals surface area contributed by atoms with E-state index in [1.54, 1.807) is 12.1 Å². The number of benzene rings is 1. The van der Waals surface area contributed by atoms with E-state index in [0.717, 1.165) is 26.1 Å². The second-order valence-corrected chi connectivity index (χ2v) is 4.38. The zero-order valence-corrected chi connectivity index (χ0v) is 9.43. The van der Waals surface area contributed by atoms with Crippen molar-refractivity contribution in [2.45, 2.75) is 18.8 Å². The first-order chi connectivity index (χ1) is 7.81. The fourth-order valence-corrected chi connectivity index (χ4v) is 2.44. The number of hydrogen-bond donors (Lipinski definition) is 2. The second-order valence-electron chi connectivity index (χ2n) is 4.38. The van der Waals surface area contributed by atoms with E-state index in [1.807, 2.05) is 12.1 Å². The molecule has 1 fully saturated rings. The predicted molar refractivity (Wildman–Crippen MR) is 63.4 cm³/mol. The molecule has 1 aromatic carbocycles. The monoisotopic (exact) mass is 221 g/mol. The van der Waals surface area contributed by atoms with E-state index < -0.39 is 0 Å². The highest BCUT2D eigenvalue weighted by molar-refractivity contribution is 5.29. The molecule has 0 radical (unpaired) electrons. The molecule has 1 unspecified atom stereocenters. The summed E-state index contributed by atoms with van der Waals surface area (Å²) in [7, 11) is 0. The topological polar surface area (TPSA) is 55.5 Å². The van der Waals surface area contributed by atoms with Gasteiger partial charge >= 0.3 is 0 Å². The van der Waals surface area contributed by atoms with Crippen LogP contribution in [0.5, 0.6) is 5.75 Å². The summed E-state index contributed by atoms with van der Waals surface area (Å²) in [5.74, 6) is 1.32. The van der Waals surface area contributed by atoms with Gasteiger partial charge in [-0.05, 0) is 48.9 Å². The van der Waals surface area contributed by atoms with Crippen LogP contribution < -0.4 is 5.73 Å². The zero-order valence-electron chi connectivity index (χ0n) is 9.43. The van der Waals surface area contributed by atoms with Crippen LogP contribution in [0.15, 0.2) is 24.3 Å². The van der Waals surface area contributed by atoms with Crippen molar-refractivity contribution >= 4 is 0 Å². The highest BCUT2D eigenvalue weighted by Gasteiger charge is 2.24. The van der Waals surface area contributed by atoms with Gasteiger partial charge in [0, 0.05) is 13.2 Å². The summed E-state index contributed by atoms with van der Waals surface area (Å²) in [6, 6.07) is 7.42. The number of phenols is 1. The molecule has 0 saturated carbocycles. The standard InChI is InChI=1S/C13H19NO2/c14-9-13(11-5-7-16-8-6-11)10-1-3-12(15)4-2-10/h1-4,11,13,15H,5-9,14H2. The number of ether oxygens (including phenoxy) is 1. The van der Waals surface area contributed by atoms with E-state index in [2.05, 4.69) is 0 Å². The van der Waals surface area contributed by atoms with E-state index >= 15 is 0 Å². The maximum Gasteiger partial charge on any atom is 0.115 e. The Balaban J connectivity index is 2.11. The molecule has 3 nitrogen and oxygen atoms in total. The number of nitrogens with two attached hydrogens (primary N) is 1. The number of rotatable bonds is 3. The maximum absolute atomic E-state index is 9.27. The Hall–Kier alpha value is -1.06. The molecule has 0 amide bonds. The minimum Gasteiger partial charge on any atom is -0.508 e. The summed E-state index contributed by atoms with van der Waals surface area (Å²) < 4.78 is 5.37. The van der Waals surface area contributed by atoms with Crippen LogP contribution in [0.3, 0.4) is 0 Å². The van der Waals surface area contributed by atoms with Crippen molar-refractivity contribution < 1.29 is 9.84 Å². The molecule has 0 aromatic heterocycles. The Morgan fingerprint density at radius 1 is 1.25 bits per heavy atom. The van der Waals surface area contributed by atoms with Crippen LogP contribution in [-0.4, -0.2) is 24.9 Å². The molecule has 1 aromatic rings. The summed E-state index contributed by atoms with van der Waals surface area (Å²) in [6.07, 6.45) is 2.17. The molecule has 0 aliphatic carbocycles. The summed E-state index contributed by atoms with van der Waals surface area (Å²) in [5.41, 5.74) is 7.10. The van der Waals surface area contributed by atoms with Crippen molar-refractivity contribution in [3.63, 3.8) is 0 Å². The van der Waals surface area contributed by atoms with Crippen LogP contribution in [0.1, 0.15) is 24.3 Å².